The Morgan fingerprint density at radius 2 is 2.25 bits per heavy atom. The van der Waals surface area contributed by atoms with Gasteiger partial charge in [-0.1, -0.05) is 24.6 Å². The second kappa shape index (κ2) is 7.28. The molecule has 90 valence electrons. The zero-order valence-electron chi connectivity index (χ0n) is 9.34. The van der Waals surface area contributed by atoms with E-state index in [0.29, 0.717) is 6.04 Å². The van der Waals surface area contributed by atoms with Crippen molar-refractivity contribution in [1.82, 2.24) is 5.32 Å². The van der Waals surface area contributed by atoms with Crippen molar-refractivity contribution >= 4 is 27.5 Å². The molecule has 0 aliphatic rings. The number of aliphatic hydroxyl groups is 1. The van der Waals surface area contributed by atoms with Crippen LogP contribution in [0.1, 0.15) is 25.3 Å². The molecule has 0 aliphatic heterocycles. The summed E-state index contributed by atoms with van der Waals surface area (Å²) >= 11 is 9.37. The fourth-order valence-corrected chi connectivity index (χ4v) is 1.97. The standard InChI is InChI=1S/C12H17BrClNO/c1-2-10(5-6-16)15-8-9-3-4-11(13)12(14)7-9/h3-4,7,10,15-16H,2,5-6,8H2,1H3. The predicted octanol–water partition coefficient (Wildman–Crippen LogP) is 3.35. The smallest absolute Gasteiger partial charge is 0.0551 e. The third-order valence-electron chi connectivity index (χ3n) is 2.55. The fourth-order valence-electron chi connectivity index (χ4n) is 1.52. The number of nitrogens with one attached hydrogen (secondary N) is 1. The van der Waals surface area contributed by atoms with Crippen LogP contribution in [0.25, 0.3) is 0 Å². The maximum atomic E-state index is 8.88. The number of rotatable bonds is 6. The maximum Gasteiger partial charge on any atom is 0.0551 e. The molecule has 1 rings (SSSR count). The number of hydrogen-bond donors (Lipinski definition) is 2. The first-order valence-electron chi connectivity index (χ1n) is 5.45. The van der Waals surface area contributed by atoms with Gasteiger partial charge >= 0.3 is 0 Å². The molecular weight excluding hydrogens is 289 g/mol. The van der Waals surface area contributed by atoms with E-state index in [4.69, 9.17) is 16.7 Å². The van der Waals surface area contributed by atoms with Gasteiger partial charge < -0.3 is 10.4 Å². The van der Waals surface area contributed by atoms with Gasteiger partial charge in [0.1, 0.15) is 0 Å². The van der Waals surface area contributed by atoms with Crippen molar-refractivity contribution in [1.29, 1.82) is 0 Å². The summed E-state index contributed by atoms with van der Waals surface area (Å²) in [6, 6.07) is 6.30. The largest absolute Gasteiger partial charge is 0.396 e. The van der Waals surface area contributed by atoms with Crippen molar-refractivity contribution in [3.05, 3.63) is 33.3 Å². The molecule has 0 aliphatic carbocycles. The van der Waals surface area contributed by atoms with Crippen molar-refractivity contribution in [3.63, 3.8) is 0 Å². The highest BCUT2D eigenvalue weighted by molar-refractivity contribution is 9.10. The van der Waals surface area contributed by atoms with Gasteiger partial charge in [0.2, 0.25) is 0 Å². The van der Waals surface area contributed by atoms with Gasteiger partial charge in [-0.15, -0.1) is 0 Å². The van der Waals surface area contributed by atoms with Crippen LogP contribution in [0.5, 0.6) is 0 Å². The lowest BCUT2D eigenvalue weighted by atomic mass is 10.1. The number of hydrogen-bond acceptors (Lipinski definition) is 2. The molecule has 0 radical (unpaired) electrons. The van der Waals surface area contributed by atoms with Crippen LogP contribution in [0.4, 0.5) is 0 Å². The van der Waals surface area contributed by atoms with Gasteiger partial charge in [0.15, 0.2) is 0 Å². The van der Waals surface area contributed by atoms with E-state index in [1.165, 1.54) is 0 Å². The van der Waals surface area contributed by atoms with Gasteiger partial charge in [-0.05, 0) is 46.5 Å². The third kappa shape index (κ3) is 4.42. The van der Waals surface area contributed by atoms with Gasteiger partial charge in [0.25, 0.3) is 0 Å². The highest BCUT2D eigenvalue weighted by Gasteiger charge is 2.05. The predicted molar refractivity (Wildman–Crippen MR) is 71.8 cm³/mol. The monoisotopic (exact) mass is 305 g/mol. The molecule has 0 saturated carbocycles. The second-order valence-corrected chi connectivity index (χ2v) is 5.01. The van der Waals surface area contributed by atoms with Crippen LogP contribution in [-0.4, -0.2) is 17.8 Å². The highest BCUT2D eigenvalue weighted by atomic mass is 79.9. The highest BCUT2D eigenvalue weighted by Crippen LogP contribution is 2.23. The lowest BCUT2D eigenvalue weighted by molar-refractivity contribution is 0.262. The molecule has 0 aromatic heterocycles. The number of aliphatic hydroxyl groups excluding tert-OH is 1. The van der Waals surface area contributed by atoms with Crippen molar-refractivity contribution < 1.29 is 5.11 Å². The molecular formula is C12H17BrClNO. The Balaban J connectivity index is 2.50. The summed E-state index contributed by atoms with van der Waals surface area (Å²) in [6.07, 6.45) is 1.81. The van der Waals surface area contributed by atoms with Gasteiger partial charge in [0.05, 0.1) is 5.02 Å². The fraction of sp³-hybridized carbons (Fsp3) is 0.500. The van der Waals surface area contributed by atoms with Crippen LogP contribution in [0.3, 0.4) is 0 Å². The molecule has 0 spiro atoms. The first-order chi connectivity index (χ1) is 7.67. The first kappa shape index (κ1) is 14.0. The Morgan fingerprint density at radius 3 is 2.81 bits per heavy atom. The molecule has 16 heavy (non-hydrogen) atoms. The van der Waals surface area contributed by atoms with Gasteiger partial charge in [-0.3, -0.25) is 0 Å². The lowest BCUT2D eigenvalue weighted by Gasteiger charge is -2.15. The zero-order valence-corrected chi connectivity index (χ0v) is 11.7. The summed E-state index contributed by atoms with van der Waals surface area (Å²) in [6.45, 7) is 3.12. The SMILES string of the molecule is CCC(CCO)NCc1ccc(Br)c(Cl)c1. The van der Waals surface area contributed by atoms with Gasteiger partial charge in [-0.25, -0.2) is 0 Å². The van der Waals surface area contributed by atoms with E-state index in [9.17, 15) is 0 Å². The molecule has 2 N–H and O–H groups in total. The second-order valence-electron chi connectivity index (χ2n) is 3.75. The zero-order chi connectivity index (χ0) is 12.0. The summed E-state index contributed by atoms with van der Waals surface area (Å²) in [5.74, 6) is 0. The third-order valence-corrected chi connectivity index (χ3v) is 3.78. The van der Waals surface area contributed by atoms with E-state index in [1.807, 2.05) is 18.2 Å². The summed E-state index contributed by atoms with van der Waals surface area (Å²) in [7, 11) is 0. The van der Waals surface area contributed by atoms with E-state index in [0.717, 1.165) is 34.4 Å². The molecule has 1 aromatic carbocycles. The number of benzene rings is 1. The van der Waals surface area contributed by atoms with Crippen molar-refractivity contribution in [3.8, 4) is 0 Å². The van der Waals surface area contributed by atoms with Crippen LogP contribution < -0.4 is 5.32 Å². The molecule has 2 nitrogen and oxygen atoms in total. The van der Waals surface area contributed by atoms with Crippen LogP contribution in [0, 0.1) is 0 Å². The molecule has 0 fully saturated rings. The first-order valence-corrected chi connectivity index (χ1v) is 6.62. The summed E-state index contributed by atoms with van der Waals surface area (Å²) < 4.78 is 0.917. The van der Waals surface area contributed by atoms with E-state index in [-0.39, 0.29) is 6.61 Å². The molecule has 1 unspecified atom stereocenters. The van der Waals surface area contributed by atoms with Crippen LogP contribution >= 0.6 is 27.5 Å². The topological polar surface area (TPSA) is 32.3 Å². The van der Waals surface area contributed by atoms with Gasteiger partial charge in [-0.2, -0.15) is 0 Å². The van der Waals surface area contributed by atoms with E-state index in [1.54, 1.807) is 0 Å². The number of halogens is 2. The van der Waals surface area contributed by atoms with E-state index in [2.05, 4.69) is 28.2 Å². The average Bonchev–Trinajstić information content (AvgIpc) is 2.28. The van der Waals surface area contributed by atoms with Crippen LogP contribution in [0.2, 0.25) is 5.02 Å². The summed E-state index contributed by atoms with van der Waals surface area (Å²) in [4.78, 5) is 0. The molecule has 4 heteroatoms. The summed E-state index contributed by atoms with van der Waals surface area (Å²) in [5, 5.41) is 13.0. The van der Waals surface area contributed by atoms with E-state index >= 15 is 0 Å². The molecule has 1 atom stereocenters. The van der Waals surface area contributed by atoms with Crippen molar-refractivity contribution in [2.75, 3.05) is 6.61 Å². The lowest BCUT2D eigenvalue weighted by Crippen LogP contribution is -2.28. The Labute approximate surface area is 110 Å². The quantitative estimate of drug-likeness (QED) is 0.845. The molecule has 0 heterocycles. The molecule has 0 amide bonds. The van der Waals surface area contributed by atoms with Gasteiger partial charge in [0, 0.05) is 23.7 Å². The molecule has 0 bridgehead atoms. The maximum absolute atomic E-state index is 8.88. The van der Waals surface area contributed by atoms with E-state index < -0.39 is 0 Å². The Bertz CT molecular complexity index is 333. The van der Waals surface area contributed by atoms with Crippen molar-refractivity contribution in [2.45, 2.75) is 32.4 Å². The normalized spacial score (nSPS) is 12.8. The Morgan fingerprint density at radius 1 is 1.50 bits per heavy atom. The Kier molecular flexibility index (Phi) is 6.36. The minimum absolute atomic E-state index is 0.229. The Hall–Kier alpha value is -0.0900. The van der Waals surface area contributed by atoms with Crippen LogP contribution in [-0.2, 0) is 6.54 Å². The van der Waals surface area contributed by atoms with Crippen molar-refractivity contribution in [2.24, 2.45) is 0 Å². The minimum atomic E-state index is 0.229. The molecule has 1 aromatic rings. The summed E-state index contributed by atoms with van der Waals surface area (Å²) in [5.41, 5.74) is 1.16. The molecule has 0 saturated heterocycles. The average molecular weight is 307 g/mol. The van der Waals surface area contributed by atoms with Crippen LogP contribution in [0.15, 0.2) is 22.7 Å². The minimum Gasteiger partial charge on any atom is -0.396 e.